The highest BCUT2D eigenvalue weighted by Gasteiger charge is 2.14. The van der Waals surface area contributed by atoms with Crippen LogP contribution >= 0.6 is 0 Å². The van der Waals surface area contributed by atoms with Gasteiger partial charge in [-0.3, -0.25) is 9.48 Å². The van der Waals surface area contributed by atoms with Crippen LogP contribution in [0, 0.1) is 18.3 Å². The van der Waals surface area contributed by atoms with E-state index in [0.717, 1.165) is 5.56 Å². The van der Waals surface area contributed by atoms with Gasteiger partial charge in [-0.05, 0) is 19.1 Å². The number of anilines is 1. The lowest BCUT2D eigenvalue weighted by atomic mass is 10.2. The molecule has 1 aromatic carbocycles. The molecule has 5 heteroatoms. The minimum absolute atomic E-state index is 0.309. The quantitative estimate of drug-likeness (QED) is 0.870. The van der Waals surface area contributed by atoms with Crippen LogP contribution in [0.2, 0.25) is 0 Å². The zero-order chi connectivity index (χ0) is 13.1. The summed E-state index contributed by atoms with van der Waals surface area (Å²) in [6, 6.07) is 8.89. The number of hydrogen-bond acceptors (Lipinski definition) is 3. The van der Waals surface area contributed by atoms with E-state index in [0.29, 0.717) is 16.9 Å². The van der Waals surface area contributed by atoms with Gasteiger partial charge < -0.3 is 5.32 Å². The standard InChI is InChI=1S/C13H12N4O/c1-9-8-17(2)16-12(9)13(18)15-11-6-4-3-5-10(11)7-14/h3-6,8H,1-2H3,(H,15,18). The van der Waals surface area contributed by atoms with Crippen molar-refractivity contribution in [2.45, 2.75) is 6.92 Å². The van der Waals surface area contributed by atoms with Crippen LogP contribution in [-0.2, 0) is 7.05 Å². The van der Waals surface area contributed by atoms with Gasteiger partial charge in [0.2, 0.25) is 0 Å². The van der Waals surface area contributed by atoms with Gasteiger partial charge in [0.05, 0.1) is 11.3 Å². The lowest BCUT2D eigenvalue weighted by Crippen LogP contribution is -2.14. The van der Waals surface area contributed by atoms with E-state index in [4.69, 9.17) is 5.26 Å². The Hall–Kier alpha value is -2.61. The minimum atomic E-state index is -0.309. The minimum Gasteiger partial charge on any atom is -0.319 e. The van der Waals surface area contributed by atoms with E-state index in [2.05, 4.69) is 10.4 Å². The molecule has 1 N–H and O–H groups in total. The highest BCUT2D eigenvalue weighted by Crippen LogP contribution is 2.15. The van der Waals surface area contributed by atoms with Gasteiger partial charge in [0, 0.05) is 18.8 Å². The Morgan fingerprint density at radius 3 is 2.78 bits per heavy atom. The first-order chi connectivity index (χ1) is 8.61. The van der Waals surface area contributed by atoms with Gasteiger partial charge in [-0.1, -0.05) is 12.1 Å². The SMILES string of the molecule is Cc1cn(C)nc1C(=O)Nc1ccccc1C#N. The summed E-state index contributed by atoms with van der Waals surface area (Å²) in [5.41, 5.74) is 2.09. The molecule has 0 aliphatic carbocycles. The fourth-order valence-electron chi connectivity index (χ4n) is 1.70. The third-order valence-corrected chi connectivity index (χ3v) is 2.52. The van der Waals surface area contributed by atoms with Gasteiger partial charge in [-0.25, -0.2) is 0 Å². The summed E-state index contributed by atoms with van der Waals surface area (Å²) in [7, 11) is 1.76. The molecule has 1 heterocycles. The molecule has 0 saturated carbocycles. The van der Waals surface area contributed by atoms with Crippen molar-refractivity contribution in [2.24, 2.45) is 7.05 Å². The second-order valence-electron chi connectivity index (χ2n) is 3.95. The first-order valence-electron chi connectivity index (χ1n) is 5.42. The lowest BCUT2D eigenvalue weighted by Gasteiger charge is -2.05. The molecule has 2 aromatic rings. The Morgan fingerprint density at radius 2 is 2.17 bits per heavy atom. The van der Waals surface area contributed by atoms with Crippen LogP contribution in [0.1, 0.15) is 21.6 Å². The van der Waals surface area contributed by atoms with Gasteiger partial charge in [-0.2, -0.15) is 10.4 Å². The highest BCUT2D eigenvalue weighted by molar-refractivity contribution is 6.04. The molecule has 0 fully saturated rings. The van der Waals surface area contributed by atoms with Gasteiger partial charge in [-0.15, -0.1) is 0 Å². The molecular formula is C13H12N4O. The predicted octanol–water partition coefficient (Wildman–Crippen LogP) is 1.85. The summed E-state index contributed by atoms with van der Waals surface area (Å²) in [6.45, 7) is 1.82. The molecule has 18 heavy (non-hydrogen) atoms. The number of nitrogens with one attached hydrogen (secondary N) is 1. The second-order valence-corrected chi connectivity index (χ2v) is 3.95. The van der Waals surface area contributed by atoms with E-state index in [1.54, 1.807) is 42.2 Å². The van der Waals surface area contributed by atoms with Crippen LogP contribution < -0.4 is 5.32 Å². The Labute approximate surface area is 105 Å². The average Bonchev–Trinajstić information content (AvgIpc) is 2.69. The topological polar surface area (TPSA) is 70.7 Å². The number of hydrogen-bond donors (Lipinski definition) is 1. The number of para-hydroxylation sites is 1. The number of carbonyl (C=O) groups is 1. The molecular weight excluding hydrogens is 228 g/mol. The largest absolute Gasteiger partial charge is 0.319 e. The number of nitrogens with zero attached hydrogens (tertiary/aromatic N) is 3. The van der Waals surface area contributed by atoms with Gasteiger partial charge >= 0.3 is 0 Å². The molecule has 0 bridgehead atoms. The van der Waals surface area contributed by atoms with Crippen LogP contribution in [0.5, 0.6) is 0 Å². The smallest absolute Gasteiger partial charge is 0.276 e. The Morgan fingerprint density at radius 1 is 1.44 bits per heavy atom. The Balaban J connectivity index is 2.27. The molecule has 0 saturated heterocycles. The van der Waals surface area contributed by atoms with E-state index >= 15 is 0 Å². The van der Waals surface area contributed by atoms with Crippen molar-refractivity contribution in [2.75, 3.05) is 5.32 Å². The maximum absolute atomic E-state index is 12.0. The number of benzene rings is 1. The van der Waals surface area contributed by atoms with Crippen LogP contribution in [0.3, 0.4) is 0 Å². The van der Waals surface area contributed by atoms with Crippen LogP contribution in [-0.4, -0.2) is 15.7 Å². The zero-order valence-electron chi connectivity index (χ0n) is 10.1. The summed E-state index contributed by atoms with van der Waals surface area (Å²) in [4.78, 5) is 12.0. The number of aryl methyl sites for hydroxylation is 2. The number of aromatic nitrogens is 2. The van der Waals surface area contributed by atoms with Crippen molar-refractivity contribution in [1.82, 2.24) is 9.78 Å². The molecule has 0 spiro atoms. The molecule has 0 radical (unpaired) electrons. The molecule has 0 unspecified atom stereocenters. The lowest BCUT2D eigenvalue weighted by molar-refractivity contribution is 0.102. The van der Waals surface area contributed by atoms with Crippen LogP contribution in [0.4, 0.5) is 5.69 Å². The van der Waals surface area contributed by atoms with Crippen molar-refractivity contribution in [3.05, 3.63) is 47.3 Å². The second kappa shape index (κ2) is 4.72. The summed E-state index contributed by atoms with van der Waals surface area (Å²) in [5.74, 6) is -0.309. The first-order valence-corrected chi connectivity index (χ1v) is 5.42. The number of carbonyl (C=O) groups excluding carboxylic acids is 1. The number of nitriles is 1. The normalized spacial score (nSPS) is 9.83. The predicted molar refractivity (Wildman–Crippen MR) is 67.1 cm³/mol. The maximum atomic E-state index is 12.0. The van der Waals surface area contributed by atoms with Crippen LogP contribution in [0.25, 0.3) is 0 Å². The number of rotatable bonds is 2. The fourth-order valence-corrected chi connectivity index (χ4v) is 1.70. The summed E-state index contributed by atoms with van der Waals surface area (Å²) in [5, 5.41) is 15.7. The van der Waals surface area contributed by atoms with Crippen molar-refractivity contribution >= 4 is 11.6 Å². The van der Waals surface area contributed by atoms with E-state index in [1.807, 2.05) is 13.0 Å². The molecule has 1 aromatic heterocycles. The third kappa shape index (κ3) is 2.23. The number of amides is 1. The van der Waals surface area contributed by atoms with Crippen molar-refractivity contribution in [3.8, 4) is 6.07 Å². The molecule has 5 nitrogen and oxygen atoms in total. The highest BCUT2D eigenvalue weighted by atomic mass is 16.2. The zero-order valence-corrected chi connectivity index (χ0v) is 10.1. The van der Waals surface area contributed by atoms with Gasteiger partial charge in [0.25, 0.3) is 5.91 Å². The van der Waals surface area contributed by atoms with Crippen LogP contribution in [0.15, 0.2) is 30.5 Å². The van der Waals surface area contributed by atoms with Crippen molar-refractivity contribution < 1.29 is 4.79 Å². The molecule has 90 valence electrons. The van der Waals surface area contributed by atoms with Gasteiger partial charge in [0.15, 0.2) is 5.69 Å². The summed E-state index contributed by atoms with van der Waals surface area (Å²) >= 11 is 0. The Bertz CT molecular complexity index is 637. The van der Waals surface area contributed by atoms with Gasteiger partial charge in [0.1, 0.15) is 6.07 Å². The summed E-state index contributed by atoms with van der Waals surface area (Å²) in [6.07, 6.45) is 1.77. The summed E-state index contributed by atoms with van der Waals surface area (Å²) < 4.78 is 1.58. The van der Waals surface area contributed by atoms with E-state index in [1.165, 1.54) is 0 Å². The molecule has 0 aliphatic rings. The van der Waals surface area contributed by atoms with E-state index in [9.17, 15) is 4.79 Å². The van der Waals surface area contributed by atoms with Crippen molar-refractivity contribution in [1.29, 1.82) is 5.26 Å². The Kier molecular flexibility index (Phi) is 3.11. The van der Waals surface area contributed by atoms with E-state index in [-0.39, 0.29) is 5.91 Å². The third-order valence-electron chi connectivity index (χ3n) is 2.52. The molecule has 0 aliphatic heterocycles. The molecule has 2 rings (SSSR count). The fraction of sp³-hybridized carbons (Fsp3) is 0.154. The maximum Gasteiger partial charge on any atom is 0.276 e. The molecule has 1 amide bonds. The van der Waals surface area contributed by atoms with E-state index < -0.39 is 0 Å². The monoisotopic (exact) mass is 240 g/mol. The first kappa shape index (κ1) is 11.9. The van der Waals surface area contributed by atoms with Crippen molar-refractivity contribution in [3.63, 3.8) is 0 Å². The average molecular weight is 240 g/mol. The molecule has 0 atom stereocenters.